The van der Waals surface area contributed by atoms with Crippen molar-refractivity contribution >= 4 is 11.6 Å². The van der Waals surface area contributed by atoms with Gasteiger partial charge in [-0.3, -0.25) is 4.79 Å². The van der Waals surface area contributed by atoms with E-state index in [0.717, 1.165) is 5.69 Å². The molecule has 15 heavy (non-hydrogen) atoms. The van der Waals surface area contributed by atoms with Crippen LogP contribution in [-0.2, 0) is 14.3 Å². The molecule has 4 nitrogen and oxygen atoms in total. The van der Waals surface area contributed by atoms with Crippen molar-refractivity contribution in [3.63, 3.8) is 0 Å². The van der Waals surface area contributed by atoms with Crippen LogP contribution in [0, 0.1) is 0 Å². The number of benzene rings is 1. The van der Waals surface area contributed by atoms with Crippen LogP contribution in [0.5, 0.6) is 0 Å². The number of ether oxygens (including phenoxy) is 2. The quantitative estimate of drug-likeness (QED) is 0.548. The van der Waals surface area contributed by atoms with Gasteiger partial charge in [0.15, 0.2) is 0 Å². The molecule has 1 aliphatic rings. The van der Waals surface area contributed by atoms with Gasteiger partial charge in [-0.05, 0) is 12.1 Å². The Morgan fingerprint density at radius 1 is 1.20 bits per heavy atom. The molecule has 1 aliphatic heterocycles. The number of para-hydroxylation sites is 1. The van der Waals surface area contributed by atoms with Gasteiger partial charge in [0.05, 0.1) is 6.54 Å². The molecule has 0 saturated carbocycles. The minimum atomic E-state index is -1.07. The number of rotatable bonds is 3. The molecule has 0 unspecified atom stereocenters. The zero-order valence-corrected chi connectivity index (χ0v) is 8.77. The molecular formula is C11H13NO3. The van der Waals surface area contributed by atoms with Crippen LogP contribution in [0.1, 0.15) is 0 Å². The normalized spacial score (nSPS) is 18.8. The Bertz CT molecular complexity index is 359. The van der Waals surface area contributed by atoms with E-state index < -0.39 is 5.79 Å². The highest BCUT2D eigenvalue weighted by Crippen LogP contribution is 2.31. The fourth-order valence-electron chi connectivity index (χ4n) is 1.67. The molecule has 1 saturated heterocycles. The maximum atomic E-state index is 11.8. The highest BCUT2D eigenvalue weighted by Gasteiger charge is 2.54. The highest BCUT2D eigenvalue weighted by atomic mass is 16.7. The van der Waals surface area contributed by atoms with Gasteiger partial charge >= 0.3 is 0 Å². The minimum absolute atomic E-state index is 0.154. The van der Waals surface area contributed by atoms with Gasteiger partial charge in [-0.15, -0.1) is 0 Å². The smallest absolute Gasteiger partial charge is 0.289 e. The largest absolute Gasteiger partial charge is 0.344 e. The molecule has 1 aromatic rings. The van der Waals surface area contributed by atoms with Crippen LogP contribution in [0.25, 0.3) is 0 Å². The number of carbonyl (C=O) groups is 1. The van der Waals surface area contributed by atoms with E-state index in [1.807, 2.05) is 30.3 Å². The van der Waals surface area contributed by atoms with Crippen LogP contribution in [0.3, 0.4) is 0 Å². The third-order valence-electron chi connectivity index (χ3n) is 2.66. The second-order valence-electron chi connectivity index (χ2n) is 3.39. The van der Waals surface area contributed by atoms with E-state index in [1.165, 1.54) is 14.2 Å². The second kappa shape index (κ2) is 3.64. The lowest BCUT2D eigenvalue weighted by molar-refractivity contribution is -0.220. The number of amides is 1. The van der Waals surface area contributed by atoms with Crippen molar-refractivity contribution < 1.29 is 14.3 Å². The van der Waals surface area contributed by atoms with E-state index in [1.54, 1.807) is 4.90 Å². The molecule has 0 radical (unpaired) electrons. The first-order chi connectivity index (χ1) is 7.23. The molecule has 0 N–H and O–H groups in total. The number of β-lactam (4-membered cyclic amide) rings is 1. The van der Waals surface area contributed by atoms with Crippen LogP contribution in [-0.4, -0.2) is 32.5 Å². The zero-order chi connectivity index (χ0) is 10.9. The predicted molar refractivity (Wildman–Crippen MR) is 55.5 cm³/mol. The molecule has 0 aliphatic carbocycles. The summed E-state index contributed by atoms with van der Waals surface area (Å²) in [5.41, 5.74) is 0.868. The van der Waals surface area contributed by atoms with Crippen molar-refractivity contribution in [2.45, 2.75) is 5.79 Å². The van der Waals surface area contributed by atoms with E-state index in [0.29, 0.717) is 6.54 Å². The van der Waals surface area contributed by atoms with Crippen LogP contribution < -0.4 is 4.90 Å². The van der Waals surface area contributed by atoms with Gasteiger partial charge in [-0.2, -0.15) is 0 Å². The Kier molecular flexibility index (Phi) is 2.46. The summed E-state index contributed by atoms with van der Waals surface area (Å²) >= 11 is 0. The first kappa shape index (κ1) is 10.1. The summed E-state index contributed by atoms with van der Waals surface area (Å²) in [5.74, 6) is -1.23. The number of hydrogen-bond acceptors (Lipinski definition) is 3. The van der Waals surface area contributed by atoms with Crippen LogP contribution in [0.4, 0.5) is 5.69 Å². The summed E-state index contributed by atoms with van der Waals surface area (Å²) in [5, 5.41) is 0. The Morgan fingerprint density at radius 2 is 1.80 bits per heavy atom. The summed E-state index contributed by atoms with van der Waals surface area (Å²) < 4.78 is 10.1. The van der Waals surface area contributed by atoms with Crippen molar-refractivity contribution in [3.8, 4) is 0 Å². The monoisotopic (exact) mass is 207 g/mol. The molecule has 4 heteroatoms. The summed E-state index contributed by atoms with van der Waals surface area (Å²) in [7, 11) is 2.95. The first-order valence-electron chi connectivity index (χ1n) is 4.71. The van der Waals surface area contributed by atoms with Gasteiger partial charge in [0, 0.05) is 19.9 Å². The molecule has 80 valence electrons. The molecule has 1 heterocycles. The number of methoxy groups -OCH3 is 2. The van der Waals surface area contributed by atoms with Gasteiger partial charge in [-0.1, -0.05) is 18.2 Å². The van der Waals surface area contributed by atoms with Crippen molar-refractivity contribution in [2.75, 3.05) is 25.7 Å². The van der Waals surface area contributed by atoms with E-state index in [2.05, 4.69) is 0 Å². The Labute approximate surface area is 88.4 Å². The average Bonchev–Trinajstić information content (AvgIpc) is 2.30. The standard InChI is InChI=1S/C11H13NO3/c1-14-11(15-2)8-12(10(11)13)9-6-4-3-5-7-9/h3-7H,8H2,1-2H3. The van der Waals surface area contributed by atoms with Crippen LogP contribution in [0.15, 0.2) is 30.3 Å². The molecule has 0 atom stereocenters. The van der Waals surface area contributed by atoms with E-state index in [4.69, 9.17) is 9.47 Å². The third-order valence-corrected chi connectivity index (χ3v) is 2.66. The van der Waals surface area contributed by atoms with Crippen molar-refractivity contribution in [3.05, 3.63) is 30.3 Å². The number of carbonyl (C=O) groups excluding carboxylic acids is 1. The molecule has 0 bridgehead atoms. The molecule has 1 amide bonds. The van der Waals surface area contributed by atoms with Crippen LogP contribution >= 0.6 is 0 Å². The van der Waals surface area contributed by atoms with Gasteiger partial charge in [0.25, 0.3) is 11.7 Å². The summed E-state index contributed by atoms with van der Waals surface area (Å²) in [6.45, 7) is 0.433. The predicted octanol–water partition coefficient (Wildman–Crippen LogP) is 1.02. The van der Waals surface area contributed by atoms with Crippen LogP contribution in [0.2, 0.25) is 0 Å². The lowest BCUT2D eigenvalue weighted by Crippen LogP contribution is -2.69. The SMILES string of the molecule is COC1(OC)CN(c2ccccc2)C1=O. The Morgan fingerprint density at radius 3 is 2.27 bits per heavy atom. The number of nitrogens with zero attached hydrogens (tertiary/aromatic N) is 1. The molecule has 1 aromatic carbocycles. The third kappa shape index (κ3) is 1.42. The summed E-state index contributed by atoms with van der Waals surface area (Å²) in [6, 6.07) is 9.46. The van der Waals surface area contributed by atoms with Gasteiger partial charge in [-0.25, -0.2) is 0 Å². The molecular weight excluding hydrogens is 194 g/mol. The Hall–Kier alpha value is -1.39. The Balaban J connectivity index is 2.16. The molecule has 1 fully saturated rings. The van der Waals surface area contributed by atoms with Crippen molar-refractivity contribution in [1.29, 1.82) is 0 Å². The minimum Gasteiger partial charge on any atom is -0.344 e. The molecule has 0 aromatic heterocycles. The van der Waals surface area contributed by atoms with E-state index in [-0.39, 0.29) is 5.91 Å². The first-order valence-corrected chi connectivity index (χ1v) is 4.71. The van der Waals surface area contributed by atoms with Crippen molar-refractivity contribution in [2.24, 2.45) is 0 Å². The average molecular weight is 207 g/mol. The zero-order valence-electron chi connectivity index (χ0n) is 8.77. The van der Waals surface area contributed by atoms with Gasteiger partial charge < -0.3 is 14.4 Å². The summed E-state index contributed by atoms with van der Waals surface area (Å²) in [6.07, 6.45) is 0. The number of anilines is 1. The van der Waals surface area contributed by atoms with Crippen molar-refractivity contribution in [1.82, 2.24) is 0 Å². The second-order valence-corrected chi connectivity index (χ2v) is 3.39. The maximum Gasteiger partial charge on any atom is 0.289 e. The molecule has 2 rings (SSSR count). The fraction of sp³-hybridized carbons (Fsp3) is 0.364. The maximum absolute atomic E-state index is 11.8. The van der Waals surface area contributed by atoms with E-state index >= 15 is 0 Å². The van der Waals surface area contributed by atoms with E-state index in [9.17, 15) is 4.79 Å². The lowest BCUT2D eigenvalue weighted by atomic mass is 10.0. The summed E-state index contributed by atoms with van der Waals surface area (Å²) in [4.78, 5) is 13.5. The highest BCUT2D eigenvalue weighted by molar-refractivity contribution is 6.05. The lowest BCUT2D eigenvalue weighted by Gasteiger charge is -2.45. The fourth-order valence-corrected chi connectivity index (χ4v) is 1.67. The van der Waals surface area contributed by atoms with Gasteiger partial charge in [0.1, 0.15) is 0 Å². The topological polar surface area (TPSA) is 38.8 Å². The number of hydrogen-bond donors (Lipinski definition) is 0. The molecule has 0 spiro atoms. The van der Waals surface area contributed by atoms with Gasteiger partial charge in [0.2, 0.25) is 0 Å².